The quantitative estimate of drug-likeness (QED) is 0.897. The third-order valence-corrected chi connectivity index (χ3v) is 3.67. The average Bonchev–Trinajstić information content (AvgIpc) is 2.57. The van der Waals surface area contributed by atoms with E-state index in [4.69, 9.17) is 5.73 Å². The average molecular weight is 294 g/mol. The molecule has 0 amide bonds. The molecule has 0 aliphatic heterocycles. The van der Waals surface area contributed by atoms with Gasteiger partial charge in [0.05, 0.1) is 11.2 Å². The van der Waals surface area contributed by atoms with Gasteiger partial charge in [-0.15, -0.1) is 5.10 Å². The Labute approximate surface area is 130 Å². The van der Waals surface area contributed by atoms with Gasteiger partial charge in [-0.25, -0.2) is 4.68 Å². The Morgan fingerprint density at radius 1 is 0.952 bits per heavy atom. The second kappa shape index (κ2) is 5.38. The summed E-state index contributed by atoms with van der Waals surface area (Å²) in [7, 11) is 0. The molecule has 2 N–H and O–H groups in total. The molecule has 0 unspecified atom stereocenters. The van der Waals surface area contributed by atoms with Gasteiger partial charge >= 0.3 is 0 Å². The lowest BCUT2D eigenvalue weighted by Gasteiger charge is -2.32. The summed E-state index contributed by atoms with van der Waals surface area (Å²) in [5.74, 6) is 0. The minimum absolute atomic E-state index is 0.0187. The van der Waals surface area contributed by atoms with E-state index in [9.17, 15) is 0 Å². The molecule has 21 heavy (non-hydrogen) atoms. The lowest BCUT2D eigenvalue weighted by Crippen LogP contribution is -2.42. The topological polar surface area (TPSA) is 56.7 Å². The lowest BCUT2D eigenvalue weighted by atomic mass is 9.74. The highest BCUT2D eigenvalue weighted by Crippen LogP contribution is 2.36. The van der Waals surface area contributed by atoms with Gasteiger partial charge in [0, 0.05) is 17.2 Å². The molecule has 0 aliphatic rings. The molecule has 0 aliphatic carbocycles. The van der Waals surface area contributed by atoms with E-state index >= 15 is 0 Å². The third-order valence-electron chi connectivity index (χ3n) is 3.67. The summed E-state index contributed by atoms with van der Waals surface area (Å²) in [4.78, 5) is 0. The monoisotopic (exact) mass is 294 g/mol. The molecule has 0 fully saturated rings. The Balaban J connectivity index is 3.00. The predicted octanol–water partition coefficient (Wildman–Crippen LogP) is 3.85. The first-order valence-electron chi connectivity index (χ1n) is 7.85. The Bertz CT molecular complexity index is 427. The fourth-order valence-corrected chi connectivity index (χ4v) is 3.48. The van der Waals surface area contributed by atoms with Gasteiger partial charge in [-0.2, -0.15) is 0 Å². The number of hydrogen-bond donors (Lipinski definition) is 1. The third kappa shape index (κ3) is 5.42. The van der Waals surface area contributed by atoms with Crippen molar-refractivity contribution in [1.29, 1.82) is 0 Å². The van der Waals surface area contributed by atoms with E-state index in [1.165, 1.54) is 0 Å². The zero-order chi connectivity index (χ0) is 16.7. The van der Waals surface area contributed by atoms with Crippen molar-refractivity contribution >= 4 is 0 Å². The van der Waals surface area contributed by atoms with E-state index in [0.29, 0.717) is 0 Å². The first kappa shape index (κ1) is 18.1. The number of hydrogen-bond acceptors (Lipinski definition) is 3. The van der Waals surface area contributed by atoms with Crippen LogP contribution >= 0.6 is 0 Å². The van der Waals surface area contributed by atoms with Crippen LogP contribution in [0.15, 0.2) is 6.20 Å². The molecule has 0 spiro atoms. The van der Waals surface area contributed by atoms with Crippen molar-refractivity contribution in [2.24, 2.45) is 11.1 Å². The molecule has 0 saturated carbocycles. The van der Waals surface area contributed by atoms with Gasteiger partial charge in [-0.05, 0) is 46.0 Å². The summed E-state index contributed by atoms with van der Waals surface area (Å²) in [6, 6.07) is 0. The van der Waals surface area contributed by atoms with E-state index < -0.39 is 0 Å². The van der Waals surface area contributed by atoms with Crippen LogP contribution in [0.4, 0.5) is 0 Å². The molecule has 4 heteroatoms. The summed E-state index contributed by atoms with van der Waals surface area (Å²) < 4.78 is 1.97. The molecule has 1 heterocycles. The van der Waals surface area contributed by atoms with Gasteiger partial charge < -0.3 is 5.73 Å². The smallest absolute Gasteiger partial charge is 0.0883 e. The summed E-state index contributed by atoms with van der Waals surface area (Å²) in [5, 5.41) is 8.82. The van der Waals surface area contributed by atoms with E-state index in [0.717, 1.165) is 18.5 Å². The number of nitrogens with two attached hydrogens (primary N) is 1. The van der Waals surface area contributed by atoms with Crippen LogP contribution in [-0.2, 0) is 11.0 Å². The Kier molecular flexibility index (Phi) is 4.65. The van der Waals surface area contributed by atoms with Crippen molar-refractivity contribution in [3.63, 3.8) is 0 Å². The maximum absolute atomic E-state index is 6.17. The highest BCUT2D eigenvalue weighted by atomic mass is 15.4. The van der Waals surface area contributed by atoms with Gasteiger partial charge in [-0.1, -0.05) is 39.8 Å². The standard InChI is InChI=1S/C17H34N4/c1-14(2,3)11-15(4,5)13-10-21(20-19-13)17(8,9)12-16(6,7)18/h10H,11-12,18H2,1-9H3. The van der Waals surface area contributed by atoms with Crippen LogP contribution in [0.1, 0.15) is 80.8 Å². The zero-order valence-corrected chi connectivity index (χ0v) is 15.4. The minimum Gasteiger partial charge on any atom is -0.325 e. The van der Waals surface area contributed by atoms with E-state index in [1.807, 2.05) is 4.68 Å². The number of nitrogens with zero attached hydrogens (tertiary/aromatic N) is 3. The fourth-order valence-electron chi connectivity index (χ4n) is 3.48. The molecular weight excluding hydrogens is 260 g/mol. The van der Waals surface area contributed by atoms with E-state index in [1.54, 1.807) is 0 Å². The summed E-state index contributed by atoms with van der Waals surface area (Å²) in [6.45, 7) is 19.7. The predicted molar refractivity (Wildman–Crippen MR) is 89.3 cm³/mol. The van der Waals surface area contributed by atoms with E-state index in [2.05, 4.69) is 78.8 Å². The van der Waals surface area contributed by atoms with Crippen molar-refractivity contribution in [3.05, 3.63) is 11.9 Å². The SMILES string of the molecule is CC(C)(C)CC(C)(C)c1cn(C(C)(C)CC(C)(C)N)nn1. The molecular formula is C17H34N4. The summed E-state index contributed by atoms with van der Waals surface area (Å²) in [5.41, 5.74) is 7.15. The second-order valence-electron chi connectivity index (χ2n) is 9.65. The maximum atomic E-state index is 6.17. The van der Waals surface area contributed by atoms with Crippen molar-refractivity contribution in [1.82, 2.24) is 15.0 Å². The molecule has 0 bridgehead atoms. The van der Waals surface area contributed by atoms with Crippen LogP contribution in [0.3, 0.4) is 0 Å². The molecule has 0 aromatic carbocycles. The Morgan fingerprint density at radius 2 is 1.48 bits per heavy atom. The van der Waals surface area contributed by atoms with Gasteiger partial charge in [0.1, 0.15) is 0 Å². The van der Waals surface area contributed by atoms with Crippen LogP contribution in [0.5, 0.6) is 0 Å². The highest BCUT2D eigenvalue weighted by Gasteiger charge is 2.33. The van der Waals surface area contributed by atoms with E-state index in [-0.39, 0.29) is 21.9 Å². The zero-order valence-electron chi connectivity index (χ0n) is 15.4. The summed E-state index contributed by atoms with van der Waals surface area (Å²) >= 11 is 0. The maximum Gasteiger partial charge on any atom is 0.0883 e. The van der Waals surface area contributed by atoms with Crippen LogP contribution in [0.25, 0.3) is 0 Å². The normalized spacial score (nSPS) is 14.6. The van der Waals surface area contributed by atoms with Crippen LogP contribution in [0, 0.1) is 5.41 Å². The van der Waals surface area contributed by atoms with Gasteiger partial charge in [0.2, 0.25) is 0 Å². The Hall–Kier alpha value is -0.900. The van der Waals surface area contributed by atoms with Crippen molar-refractivity contribution in [2.45, 2.75) is 91.6 Å². The largest absolute Gasteiger partial charge is 0.325 e. The molecule has 0 saturated heterocycles. The lowest BCUT2D eigenvalue weighted by molar-refractivity contribution is 0.233. The van der Waals surface area contributed by atoms with Crippen LogP contribution in [0.2, 0.25) is 0 Å². The minimum atomic E-state index is -0.226. The molecule has 0 atom stereocenters. The molecule has 1 aromatic heterocycles. The molecule has 122 valence electrons. The first-order valence-corrected chi connectivity index (χ1v) is 7.85. The van der Waals surface area contributed by atoms with Gasteiger partial charge in [0.15, 0.2) is 0 Å². The first-order chi connectivity index (χ1) is 9.12. The molecule has 0 radical (unpaired) electrons. The summed E-state index contributed by atoms with van der Waals surface area (Å²) in [6.07, 6.45) is 4.02. The second-order valence-corrected chi connectivity index (χ2v) is 9.65. The number of aromatic nitrogens is 3. The van der Waals surface area contributed by atoms with Crippen LogP contribution < -0.4 is 5.73 Å². The van der Waals surface area contributed by atoms with Gasteiger partial charge in [-0.3, -0.25) is 0 Å². The van der Waals surface area contributed by atoms with Crippen molar-refractivity contribution in [3.8, 4) is 0 Å². The molecule has 1 aromatic rings. The number of rotatable bonds is 5. The van der Waals surface area contributed by atoms with Crippen LogP contribution in [-0.4, -0.2) is 20.5 Å². The molecule has 4 nitrogen and oxygen atoms in total. The Morgan fingerprint density at radius 3 is 1.90 bits per heavy atom. The molecule has 1 rings (SSSR count). The van der Waals surface area contributed by atoms with Gasteiger partial charge in [0.25, 0.3) is 0 Å². The van der Waals surface area contributed by atoms with Crippen molar-refractivity contribution < 1.29 is 0 Å². The van der Waals surface area contributed by atoms with Crippen molar-refractivity contribution in [2.75, 3.05) is 0 Å². The highest BCUT2D eigenvalue weighted by molar-refractivity contribution is 5.11. The fraction of sp³-hybridized carbons (Fsp3) is 0.882.